The summed E-state index contributed by atoms with van der Waals surface area (Å²) in [4.78, 5) is 27.1. The SMILES string of the molecule is COc1ccccc1Oc1c(C)oc2cc(OCC(=O)N3CCSCC3)ccc2c1=O. The smallest absolute Gasteiger partial charge is 0.260 e. The number of ether oxygens (including phenoxy) is 3. The first-order valence-electron chi connectivity index (χ1n) is 9.93. The molecule has 31 heavy (non-hydrogen) atoms. The molecule has 0 unspecified atom stereocenters. The highest BCUT2D eigenvalue weighted by Gasteiger charge is 2.19. The number of aryl methyl sites for hydroxylation is 1. The maximum atomic E-state index is 13.0. The van der Waals surface area contributed by atoms with Crippen LogP contribution in [-0.4, -0.2) is 49.1 Å². The van der Waals surface area contributed by atoms with E-state index in [1.165, 1.54) is 7.11 Å². The van der Waals surface area contributed by atoms with Crippen LogP contribution in [-0.2, 0) is 4.79 Å². The van der Waals surface area contributed by atoms with E-state index >= 15 is 0 Å². The van der Waals surface area contributed by atoms with E-state index in [2.05, 4.69) is 0 Å². The van der Waals surface area contributed by atoms with Gasteiger partial charge in [-0.05, 0) is 31.2 Å². The van der Waals surface area contributed by atoms with Gasteiger partial charge in [0, 0.05) is 30.7 Å². The Bertz CT molecular complexity index is 1150. The number of benzene rings is 2. The summed E-state index contributed by atoms with van der Waals surface area (Å²) < 4.78 is 22.6. The normalized spacial score (nSPS) is 13.8. The summed E-state index contributed by atoms with van der Waals surface area (Å²) in [5, 5.41) is 0.363. The first-order valence-corrected chi connectivity index (χ1v) is 11.1. The number of hydrogen-bond donors (Lipinski definition) is 0. The predicted octanol–water partition coefficient (Wildman–Crippen LogP) is 3.86. The quantitative estimate of drug-likeness (QED) is 0.575. The molecule has 0 saturated carbocycles. The van der Waals surface area contributed by atoms with Gasteiger partial charge in [0.2, 0.25) is 11.2 Å². The van der Waals surface area contributed by atoms with E-state index < -0.39 is 0 Å². The Morgan fingerprint density at radius 3 is 2.61 bits per heavy atom. The van der Waals surface area contributed by atoms with Gasteiger partial charge in [-0.3, -0.25) is 9.59 Å². The van der Waals surface area contributed by atoms with E-state index in [1.807, 2.05) is 22.7 Å². The number of thioether (sulfide) groups is 1. The Hall–Kier alpha value is -3.13. The zero-order chi connectivity index (χ0) is 21.8. The summed E-state index contributed by atoms with van der Waals surface area (Å²) in [5.74, 6) is 3.70. The lowest BCUT2D eigenvalue weighted by Crippen LogP contribution is -2.40. The highest BCUT2D eigenvalue weighted by Crippen LogP contribution is 2.32. The summed E-state index contributed by atoms with van der Waals surface area (Å²) in [6.07, 6.45) is 0. The van der Waals surface area contributed by atoms with Crippen LogP contribution in [0.5, 0.6) is 23.0 Å². The van der Waals surface area contributed by atoms with Gasteiger partial charge in [0.15, 0.2) is 18.1 Å². The van der Waals surface area contributed by atoms with Gasteiger partial charge in [-0.1, -0.05) is 12.1 Å². The molecular formula is C23H23NO6S. The van der Waals surface area contributed by atoms with Crippen molar-refractivity contribution in [3.05, 3.63) is 58.4 Å². The fourth-order valence-electron chi connectivity index (χ4n) is 3.34. The minimum Gasteiger partial charge on any atom is -0.493 e. The van der Waals surface area contributed by atoms with Gasteiger partial charge in [0.1, 0.15) is 17.1 Å². The molecule has 7 nitrogen and oxygen atoms in total. The lowest BCUT2D eigenvalue weighted by atomic mass is 10.2. The van der Waals surface area contributed by atoms with Crippen molar-refractivity contribution in [1.29, 1.82) is 0 Å². The topological polar surface area (TPSA) is 78.2 Å². The molecule has 0 atom stereocenters. The third-order valence-electron chi connectivity index (χ3n) is 4.99. The van der Waals surface area contributed by atoms with Gasteiger partial charge in [-0.15, -0.1) is 0 Å². The van der Waals surface area contributed by atoms with Crippen LogP contribution in [0.15, 0.2) is 51.7 Å². The zero-order valence-electron chi connectivity index (χ0n) is 17.4. The summed E-state index contributed by atoms with van der Waals surface area (Å²) in [6, 6.07) is 12.0. The van der Waals surface area contributed by atoms with Crippen LogP contribution in [0.3, 0.4) is 0 Å². The van der Waals surface area contributed by atoms with Crippen LogP contribution in [0.1, 0.15) is 5.76 Å². The third-order valence-corrected chi connectivity index (χ3v) is 5.94. The largest absolute Gasteiger partial charge is 0.493 e. The van der Waals surface area contributed by atoms with Crippen LogP contribution < -0.4 is 19.6 Å². The Balaban J connectivity index is 1.55. The van der Waals surface area contributed by atoms with Gasteiger partial charge in [0.05, 0.1) is 12.5 Å². The third kappa shape index (κ3) is 4.64. The molecule has 1 aliphatic rings. The number of carbonyl (C=O) groups excluding carboxylic acids is 1. The van der Waals surface area contributed by atoms with Crippen molar-refractivity contribution in [2.45, 2.75) is 6.92 Å². The van der Waals surface area contributed by atoms with Crippen LogP contribution >= 0.6 is 11.8 Å². The number of rotatable bonds is 6. The molecule has 0 radical (unpaired) electrons. The highest BCUT2D eigenvalue weighted by atomic mass is 32.2. The number of carbonyl (C=O) groups is 1. The standard InChI is InChI=1S/C23H23NO6S/c1-15-23(30-19-6-4-3-5-18(19)27-2)22(26)17-8-7-16(13-20(17)29-15)28-14-21(25)24-9-11-31-12-10-24/h3-8,13H,9-12,14H2,1-2H3. The van der Waals surface area contributed by atoms with Crippen LogP contribution in [0.4, 0.5) is 0 Å². The highest BCUT2D eigenvalue weighted by molar-refractivity contribution is 7.99. The van der Waals surface area contributed by atoms with Gasteiger partial charge in [-0.2, -0.15) is 11.8 Å². The van der Waals surface area contributed by atoms with Gasteiger partial charge in [-0.25, -0.2) is 0 Å². The van der Waals surface area contributed by atoms with Crippen molar-refractivity contribution in [3.63, 3.8) is 0 Å². The Morgan fingerprint density at radius 1 is 1.13 bits per heavy atom. The molecule has 1 amide bonds. The second kappa shape index (κ2) is 9.34. The predicted molar refractivity (Wildman–Crippen MR) is 120 cm³/mol. The molecule has 1 saturated heterocycles. The van der Waals surface area contributed by atoms with Crippen molar-refractivity contribution in [1.82, 2.24) is 4.90 Å². The van der Waals surface area contributed by atoms with Crippen LogP contribution in [0, 0.1) is 6.92 Å². The van der Waals surface area contributed by atoms with Crippen molar-refractivity contribution in [2.24, 2.45) is 0 Å². The van der Waals surface area contributed by atoms with E-state index in [0.717, 1.165) is 24.6 Å². The fourth-order valence-corrected chi connectivity index (χ4v) is 4.24. The van der Waals surface area contributed by atoms with E-state index in [9.17, 15) is 9.59 Å². The lowest BCUT2D eigenvalue weighted by Gasteiger charge is -2.26. The molecule has 0 spiro atoms. The number of fused-ring (bicyclic) bond motifs is 1. The number of methoxy groups -OCH3 is 1. The monoisotopic (exact) mass is 441 g/mol. The molecule has 2 heterocycles. The molecule has 8 heteroatoms. The zero-order valence-corrected chi connectivity index (χ0v) is 18.2. The second-order valence-corrected chi connectivity index (χ2v) is 8.23. The van der Waals surface area contributed by atoms with Crippen molar-refractivity contribution >= 4 is 28.6 Å². The maximum absolute atomic E-state index is 13.0. The summed E-state index contributed by atoms with van der Waals surface area (Å²) >= 11 is 1.84. The first kappa shape index (κ1) is 21.1. The maximum Gasteiger partial charge on any atom is 0.260 e. The molecule has 3 aromatic rings. The van der Waals surface area contributed by atoms with Gasteiger partial charge < -0.3 is 23.5 Å². The second-order valence-electron chi connectivity index (χ2n) is 7.01. The molecule has 1 aliphatic heterocycles. The average Bonchev–Trinajstić information content (AvgIpc) is 2.80. The summed E-state index contributed by atoms with van der Waals surface area (Å²) in [6.45, 7) is 3.10. The summed E-state index contributed by atoms with van der Waals surface area (Å²) in [5.41, 5.74) is 0.0762. The minimum atomic E-state index is -0.293. The average molecular weight is 442 g/mol. The molecular weight excluding hydrogens is 418 g/mol. The number of hydrogen-bond acceptors (Lipinski definition) is 7. The molecule has 2 aromatic carbocycles. The van der Waals surface area contributed by atoms with Crippen molar-refractivity contribution in [2.75, 3.05) is 38.3 Å². The summed E-state index contributed by atoms with van der Waals surface area (Å²) in [7, 11) is 1.54. The number of para-hydroxylation sites is 2. The minimum absolute atomic E-state index is 0.0430. The van der Waals surface area contributed by atoms with Crippen molar-refractivity contribution in [3.8, 4) is 23.0 Å². The Morgan fingerprint density at radius 2 is 1.87 bits per heavy atom. The first-order chi connectivity index (χ1) is 15.1. The molecule has 0 bridgehead atoms. The fraction of sp³-hybridized carbons (Fsp3) is 0.304. The van der Waals surface area contributed by atoms with E-state index in [4.69, 9.17) is 18.6 Å². The van der Waals surface area contributed by atoms with Gasteiger partial charge in [0.25, 0.3) is 5.91 Å². The molecule has 162 valence electrons. The van der Waals surface area contributed by atoms with E-state index in [1.54, 1.807) is 43.3 Å². The van der Waals surface area contributed by atoms with Crippen molar-refractivity contribution < 1.29 is 23.4 Å². The Labute approximate surface area is 183 Å². The van der Waals surface area contributed by atoms with Crippen LogP contribution in [0.2, 0.25) is 0 Å². The van der Waals surface area contributed by atoms with E-state index in [0.29, 0.717) is 34.0 Å². The molecule has 1 aromatic heterocycles. The molecule has 4 rings (SSSR count). The van der Waals surface area contributed by atoms with Crippen LogP contribution in [0.25, 0.3) is 11.0 Å². The van der Waals surface area contributed by atoms with E-state index in [-0.39, 0.29) is 23.7 Å². The number of amides is 1. The molecule has 0 N–H and O–H groups in total. The number of nitrogens with zero attached hydrogens (tertiary/aromatic N) is 1. The van der Waals surface area contributed by atoms with Gasteiger partial charge >= 0.3 is 0 Å². The molecule has 0 aliphatic carbocycles. The molecule has 1 fully saturated rings. The Kier molecular flexibility index (Phi) is 6.36. The lowest BCUT2D eigenvalue weighted by molar-refractivity contribution is -0.132.